The fraction of sp³-hybridized carbons (Fsp3) is 0.182. The first-order chi connectivity index (χ1) is 8.04. The number of para-hydroxylation sites is 1. The zero-order chi connectivity index (χ0) is 12.5. The summed E-state index contributed by atoms with van der Waals surface area (Å²) in [4.78, 5) is 0. The summed E-state index contributed by atoms with van der Waals surface area (Å²) in [5.74, 6) is -0.221. The Morgan fingerprint density at radius 1 is 1.18 bits per heavy atom. The normalized spacial score (nSPS) is 11.8. The van der Waals surface area contributed by atoms with Crippen molar-refractivity contribution in [1.82, 2.24) is 9.78 Å². The Labute approximate surface area is 101 Å². The Morgan fingerprint density at radius 2 is 1.82 bits per heavy atom. The highest BCUT2D eigenvalue weighted by atomic mass is 35.5. The fourth-order valence-corrected chi connectivity index (χ4v) is 1.74. The van der Waals surface area contributed by atoms with Crippen LogP contribution < -0.4 is 0 Å². The predicted molar refractivity (Wildman–Crippen MR) is 58.1 cm³/mol. The number of benzene rings is 1. The lowest BCUT2D eigenvalue weighted by Gasteiger charge is -2.11. The third-order valence-electron chi connectivity index (χ3n) is 2.26. The van der Waals surface area contributed by atoms with E-state index in [0.29, 0.717) is 5.69 Å². The van der Waals surface area contributed by atoms with Gasteiger partial charge in [-0.3, -0.25) is 0 Å². The molecule has 0 saturated heterocycles. The number of aromatic nitrogens is 2. The van der Waals surface area contributed by atoms with Crippen LogP contribution in [0.25, 0.3) is 5.69 Å². The average molecular weight is 261 g/mol. The van der Waals surface area contributed by atoms with Crippen LogP contribution in [0.15, 0.2) is 36.5 Å². The molecule has 1 aromatic carbocycles. The number of hydrogen-bond donors (Lipinski definition) is 0. The maximum atomic E-state index is 12.9. The molecule has 0 spiro atoms. The molecule has 0 atom stereocenters. The zero-order valence-corrected chi connectivity index (χ0v) is 9.33. The minimum absolute atomic E-state index is 0.0250. The Morgan fingerprint density at radius 3 is 2.35 bits per heavy atom. The molecule has 1 aromatic heterocycles. The average Bonchev–Trinajstić information content (AvgIpc) is 2.73. The lowest BCUT2D eigenvalue weighted by Crippen LogP contribution is -2.15. The summed E-state index contributed by atoms with van der Waals surface area (Å²) in [6.07, 6.45) is -3.33. The second-order valence-electron chi connectivity index (χ2n) is 3.40. The zero-order valence-electron chi connectivity index (χ0n) is 8.58. The highest BCUT2D eigenvalue weighted by Gasteiger charge is 2.38. The maximum Gasteiger partial charge on any atom is 0.433 e. The summed E-state index contributed by atoms with van der Waals surface area (Å²) in [5.41, 5.74) is -0.488. The van der Waals surface area contributed by atoms with Crippen molar-refractivity contribution in [1.29, 1.82) is 0 Å². The number of nitrogens with zero attached hydrogens (tertiary/aromatic N) is 2. The minimum atomic E-state index is -4.48. The van der Waals surface area contributed by atoms with Gasteiger partial charge in [0.05, 0.1) is 17.8 Å². The summed E-state index contributed by atoms with van der Waals surface area (Å²) >= 11 is 5.49. The lowest BCUT2D eigenvalue weighted by atomic mass is 10.2. The maximum absolute atomic E-state index is 12.9. The van der Waals surface area contributed by atoms with Gasteiger partial charge in [-0.25, -0.2) is 4.68 Å². The molecular weight excluding hydrogens is 253 g/mol. The monoisotopic (exact) mass is 260 g/mol. The summed E-state index contributed by atoms with van der Waals surface area (Å²) in [6.45, 7) is 0. The highest BCUT2D eigenvalue weighted by Crippen LogP contribution is 2.34. The first kappa shape index (κ1) is 12.0. The van der Waals surface area contributed by atoms with E-state index in [2.05, 4.69) is 5.10 Å². The highest BCUT2D eigenvalue weighted by molar-refractivity contribution is 6.17. The van der Waals surface area contributed by atoms with E-state index in [1.807, 2.05) is 0 Å². The topological polar surface area (TPSA) is 17.8 Å². The summed E-state index contributed by atoms with van der Waals surface area (Å²) in [7, 11) is 0. The third-order valence-corrected chi connectivity index (χ3v) is 2.55. The molecule has 0 fully saturated rings. The van der Waals surface area contributed by atoms with E-state index in [4.69, 9.17) is 11.6 Å². The van der Waals surface area contributed by atoms with Gasteiger partial charge >= 0.3 is 6.18 Å². The van der Waals surface area contributed by atoms with Gasteiger partial charge in [-0.2, -0.15) is 18.3 Å². The van der Waals surface area contributed by atoms with Gasteiger partial charge in [-0.1, -0.05) is 18.2 Å². The summed E-state index contributed by atoms with van der Waals surface area (Å²) in [6, 6.07) is 8.14. The van der Waals surface area contributed by atoms with E-state index >= 15 is 0 Å². The molecule has 0 radical (unpaired) electrons. The Bertz CT molecular complexity index is 505. The molecule has 17 heavy (non-hydrogen) atoms. The fourth-order valence-electron chi connectivity index (χ4n) is 1.55. The van der Waals surface area contributed by atoms with E-state index in [1.54, 1.807) is 30.3 Å². The number of halogens is 4. The lowest BCUT2D eigenvalue weighted by molar-refractivity contribution is -0.143. The van der Waals surface area contributed by atoms with E-state index in [1.165, 1.54) is 0 Å². The third kappa shape index (κ3) is 2.29. The Hall–Kier alpha value is -1.49. The largest absolute Gasteiger partial charge is 0.433 e. The van der Waals surface area contributed by atoms with E-state index in [0.717, 1.165) is 10.9 Å². The molecule has 1 heterocycles. The SMILES string of the molecule is FC(F)(F)c1c(CCl)cnn1-c1ccccc1. The molecule has 0 aliphatic heterocycles. The molecule has 0 amide bonds. The Kier molecular flexibility index (Phi) is 3.11. The minimum Gasteiger partial charge on any atom is -0.228 e. The molecule has 6 heteroatoms. The van der Waals surface area contributed by atoms with Gasteiger partial charge in [0.25, 0.3) is 0 Å². The Balaban J connectivity index is 2.60. The van der Waals surface area contributed by atoms with Crippen LogP contribution in [0.2, 0.25) is 0 Å². The molecule has 0 unspecified atom stereocenters. The van der Waals surface area contributed by atoms with Gasteiger partial charge in [0.2, 0.25) is 0 Å². The summed E-state index contributed by atoms with van der Waals surface area (Å²) < 4.78 is 39.5. The molecular formula is C11H8ClF3N2. The molecule has 2 aromatic rings. The van der Waals surface area contributed by atoms with Crippen LogP contribution in [0.5, 0.6) is 0 Å². The van der Waals surface area contributed by atoms with Crippen LogP contribution in [0.1, 0.15) is 11.3 Å². The van der Waals surface area contributed by atoms with Gasteiger partial charge in [-0.05, 0) is 12.1 Å². The molecule has 0 saturated carbocycles. The van der Waals surface area contributed by atoms with Crippen molar-refractivity contribution >= 4 is 11.6 Å². The van der Waals surface area contributed by atoms with Crippen molar-refractivity contribution in [2.45, 2.75) is 12.1 Å². The molecule has 0 aliphatic carbocycles. The van der Waals surface area contributed by atoms with Crippen LogP contribution >= 0.6 is 11.6 Å². The van der Waals surface area contributed by atoms with Gasteiger partial charge in [0, 0.05) is 5.56 Å². The van der Waals surface area contributed by atoms with E-state index < -0.39 is 11.9 Å². The van der Waals surface area contributed by atoms with Crippen molar-refractivity contribution in [2.75, 3.05) is 0 Å². The van der Waals surface area contributed by atoms with E-state index in [9.17, 15) is 13.2 Å². The van der Waals surface area contributed by atoms with Gasteiger partial charge < -0.3 is 0 Å². The second-order valence-corrected chi connectivity index (χ2v) is 3.66. The van der Waals surface area contributed by atoms with Gasteiger partial charge in [0.15, 0.2) is 5.69 Å². The standard InChI is InChI=1S/C11H8ClF3N2/c12-6-8-7-16-17(10(8)11(13,14)15)9-4-2-1-3-5-9/h1-5,7H,6H2. The van der Waals surface area contributed by atoms with Crippen molar-refractivity contribution in [2.24, 2.45) is 0 Å². The van der Waals surface area contributed by atoms with E-state index in [-0.39, 0.29) is 11.4 Å². The number of hydrogen-bond acceptors (Lipinski definition) is 1. The molecule has 0 aliphatic rings. The molecule has 0 N–H and O–H groups in total. The summed E-state index contributed by atoms with van der Waals surface area (Å²) in [5, 5.41) is 3.74. The van der Waals surface area contributed by atoms with Crippen molar-refractivity contribution in [3.8, 4) is 5.69 Å². The smallest absolute Gasteiger partial charge is 0.228 e. The molecule has 0 bridgehead atoms. The molecule has 90 valence electrons. The van der Waals surface area contributed by atoms with Crippen molar-refractivity contribution < 1.29 is 13.2 Å². The quantitative estimate of drug-likeness (QED) is 0.754. The van der Waals surface area contributed by atoms with Gasteiger partial charge in [-0.15, -0.1) is 11.6 Å². The van der Waals surface area contributed by atoms with Crippen LogP contribution in [-0.2, 0) is 12.1 Å². The van der Waals surface area contributed by atoms with Crippen LogP contribution in [0, 0.1) is 0 Å². The first-order valence-electron chi connectivity index (χ1n) is 4.79. The van der Waals surface area contributed by atoms with Crippen LogP contribution in [0.3, 0.4) is 0 Å². The van der Waals surface area contributed by atoms with Crippen molar-refractivity contribution in [3.63, 3.8) is 0 Å². The molecule has 2 rings (SSSR count). The number of alkyl halides is 4. The van der Waals surface area contributed by atoms with Crippen LogP contribution in [-0.4, -0.2) is 9.78 Å². The van der Waals surface area contributed by atoms with Crippen LogP contribution in [0.4, 0.5) is 13.2 Å². The number of rotatable bonds is 2. The first-order valence-corrected chi connectivity index (χ1v) is 5.33. The van der Waals surface area contributed by atoms with Gasteiger partial charge in [0.1, 0.15) is 0 Å². The second kappa shape index (κ2) is 4.41. The molecule has 2 nitrogen and oxygen atoms in total. The van der Waals surface area contributed by atoms with Crippen molar-refractivity contribution in [3.05, 3.63) is 47.8 Å². The predicted octanol–water partition coefficient (Wildman–Crippen LogP) is 3.63.